The van der Waals surface area contributed by atoms with E-state index in [0.29, 0.717) is 22.7 Å². The van der Waals surface area contributed by atoms with Crippen LogP contribution in [0, 0.1) is 0 Å². The molecule has 4 nitrogen and oxygen atoms in total. The van der Waals surface area contributed by atoms with Crippen LogP contribution >= 0.6 is 0 Å². The average Bonchev–Trinajstić information content (AvgIpc) is 2.69. The number of benzene rings is 3. The van der Waals surface area contributed by atoms with Gasteiger partial charge in [0, 0.05) is 22.5 Å². The molecule has 0 spiro atoms. The Hall–Kier alpha value is -3.40. The lowest BCUT2D eigenvalue weighted by Gasteiger charge is -2.09. The van der Waals surface area contributed by atoms with Crippen LogP contribution in [0.3, 0.4) is 0 Å². The largest absolute Gasteiger partial charge is 0.322 e. The molecule has 0 aromatic heterocycles. The van der Waals surface area contributed by atoms with Crippen molar-refractivity contribution in [3.63, 3.8) is 0 Å². The second-order valence-corrected chi connectivity index (χ2v) is 6.63. The molecule has 2 amide bonds. The molecule has 0 saturated carbocycles. The van der Waals surface area contributed by atoms with E-state index in [2.05, 4.69) is 24.5 Å². The van der Waals surface area contributed by atoms with E-state index in [1.165, 1.54) is 5.56 Å². The van der Waals surface area contributed by atoms with Gasteiger partial charge in [0.05, 0.1) is 0 Å². The molecule has 0 unspecified atom stereocenters. The average molecular weight is 358 g/mol. The highest BCUT2D eigenvalue weighted by atomic mass is 16.2. The van der Waals surface area contributed by atoms with E-state index >= 15 is 0 Å². The topological polar surface area (TPSA) is 58.2 Å². The van der Waals surface area contributed by atoms with Crippen LogP contribution in [0.2, 0.25) is 0 Å². The molecule has 0 atom stereocenters. The second-order valence-electron chi connectivity index (χ2n) is 6.63. The van der Waals surface area contributed by atoms with Gasteiger partial charge in [0.1, 0.15) is 0 Å². The minimum absolute atomic E-state index is 0.182. The summed E-state index contributed by atoms with van der Waals surface area (Å²) >= 11 is 0. The zero-order chi connectivity index (χ0) is 19.2. The lowest BCUT2D eigenvalue weighted by Crippen LogP contribution is -2.13. The molecule has 0 aliphatic carbocycles. The van der Waals surface area contributed by atoms with Crippen LogP contribution in [0.5, 0.6) is 0 Å². The lowest BCUT2D eigenvalue weighted by molar-refractivity contribution is 0.102. The maximum atomic E-state index is 12.4. The van der Waals surface area contributed by atoms with Crippen LogP contribution in [-0.4, -0.2) is 11.8 Å². The van der Waals surface area contributed by atoms with Gasteiger partial charge < -0.3 is 10.6 Å². The van der Waals surface area contributed by atoms with Crippen LogP contribution in [-0.2, 0) is 0 Å². The zero-order valence-corrected chi connectivity index (χ0v) is 15.4. The van der Waals surface area contributed by atoms with E-state index in [4.69, 9.17) is 0 Å². The van der Waals surface area contributed by atoms with E-state index in [0.717, 1.165) is 5.69 Å². The Bertz CT molecular complexity index is 915. The van der Waals surface area contributed by atoms with Crippen molar-refractivity contribution in [1.82, 2.24) is 0 Å². The normalized spacial score (nSPS) is 10.5. The fourth-order valence-electron chi connectivity index (χ4n) is 2.65. The van der Waals surface area contributed by atoms with Crippen LogP contribution in [0.4, 0.5) is 11.4 Å². The maximum absolute atomic E-state index is 12.4. The molecule has 3 rings (SSSR count). The molecule has 0 bridgehead atoms. The summed E-state index contributed by atoms with van der Waals surface area (Å²) in [6, 6.07) is 23.7. The van der Waals surface area contributed by atoms with Crippen LogP contribution in [0.25, 0.3) is 0 Å². The molecule has 27 heavy (non-hydrogen) atoms. The quantitative estimate of drug-likeness (QED) is 0.649. The number of carbonyl (C=O) groups is 2. The molecule has 2 N–H and O–H groups in total. The molecule has 0 radical (unpaired) electrons. The van der Waals surface area contributed by atoms with Crippen molar-refractivity contribution in [3.05, 3.63) is 95.6 Å². The van der Waals surface area contributed by atoms with Crippen molar-refractivity contribution in [1.29, 1.82) is 0 Å². The molecular weight excluding hydrogens is 336 g/mol. The Balaban J connectivity index is 1.62. The third kappa shape index (κ3) is 4.82. The van der Waals surface area contributed by atoms with E-state index in [1.54, 1.807) is 36.4 Å². The number of amides is 2. The summed E-state index contributed by atoms with van der Waals surface area (Å²) in [6.45, 7) is 4.26. The first-order valence-corrected chi connectivity index (χ1v) is 8.91. The molecule has 0 aliphatic heterocycles. The molecule has 0 heterocycles. The van der Waals surface area contributed by atoms with Gasteiger partial charge in [0.25, 0.3) is 11.8 Å². The van der Waals surface area contributed by atoms with Crippen LogP contribution in [0.1, 0.15) is 46.0 Å². The van der Waals surface area contributed by atoms with E-state index in [1.807, 2.05) is 42.5 Å². The minimum Gasteiger partial charge on any atom is -0.322 e. The van der Waals surface area contributed by atoms with Crippen molar-refractivity contribution >= 4 is 23.2 Å². The van der Waals surface area contributed by atoms with Gasteiger partial charge in [-0.1, -0.05) is 44.2 Å². The van der Waals surface area contributed by atoms with Gasteiger partial charge in [-0.25, -0.2) is 0 Å². The van der Waals surface area contributed by atoms with Gasteiger partial charge in [0.2, 0.25) is 0 Å². The summed E-state index contributed by atoms with van der Waals surface area (Å²) in [7, 11) is 0. The maximum Gasteiger partial charge on any atom is 0.255 e. The fourth-order valence-corrected chi connectivity index (χ4v) is 2.65. The summed E-state index contributed by atoms with van der Waals surface area (Å²) in [4.78, 5) is 24.5. The summed E-state index contributed by atoms with van der Waals surface area (Å²) in [5.74, 6) is 0.0830. The predicted molar refractivity (Wildman–Crippen MR) is 109 cm³/mol. The molecule has 3 aromatic rings. The van der Waals surface area contributed by atoms with Crippen molar-refractivity contribution in [2.24, 2.45) is 0 Å². The van der Waals surface area contributed by atoms with Crippen molar-refractivity contribution < 1.29 is 9.59 Å². The highest BCUT2D eigenvalue weighted by Gasteiger charge is 2.09. The smallest absolute Gasteiger partial charge is 0.255 e. The number of carbonyl (C=O) groups excluding carboxylic acids is 2. The first-order chi connectivity index (χ1) is 13.0. The molecular formula is C23H22N2O2. The molecule has 0 fully saturated rings. The third-order valence-electron chi connectivity index (χ3n) is 4.28. The number of hydrogen-bond donors (Lipinski definition) is 2. The van der Waals surface area contributed by atoms with Gasteiger partial charge in [-0.3, -0.25) is 9.59 Å². The molecule has 4 heteroatoms. The monoisotopic (exact) mass is 358 g/mol. The van der Waals surface area contributed by atoms with Gasteiger partial charge in [-0.2, -0.15) is 0 Å². The number of rotatable bonds is 5. The first kappa shape index (κ1) is 18.4. The Kier molecular flexibility index (Phi) is 5.67. The standard InChI is InChI=1S/C23H22N2O2/c1-16(2)17-8-12-20(13-9-17)25-23(27)19-10-14-21(15-11-19)24-22(26)18-6-4-3-5-7-18/h3-16H,1-2H3,(H,24,26)(H,25,27). The summed E-state index contributed by atoms with van der Waals surface area (Å²) in [6.07, 6.45) is 0. The molecule has 136 valence electrons. The zero-order valence-electron chi connectivity index (χ0n) is 15.4. The Morgan fingerprint density at radius 2 is 1.07 bits per heavy atom. The van der Waals surface area contributed by atoms with Gasteiger partial charge in [-0.15, -0.1) is 0 Å². The van der Waals surface area contributed by atoms with Crippen LogP contribution in [0.15, 0.2) is 78.9 Å². The van der Waals surface area contributed by atoms with Gasteiger partial charge in [0.15, 0.2) is 0 Å². The highest BCUT2D eigenvalue weighted by molar-refractivity contribution is 6.06. The second kappa shape index (κ2) is 8.32. The van der Waals surface area contributed by atoms with Crippen molar-refractivity contribution in [3.8, 4) is 0 Å². The minimum atomic E-state index is -0.187. The SMILES string of the molecule is CC(C)c1ccc(NC(=O)c2ccc(NC(=O)c3ccccc3)cc2)cc1. The number of nitrogens with one attached hydrogen (secondary N) is 2. The summed E-state index contributed by atoms with van der Waals surface area (Å²) in [5.41, 5.74) is 3.74. The predicted octanol–water partition coefficient (Wildman–Crippen LogP) is 5.31. The molecule has 0 aliphatic rings. The van der Waals surface area contributed by atoms with Gasteiger partial charge >= 0.3 is 0 Å². The number of hydrogen-bond acceptors (Lipinski definition) is 2. The van der Waals surface area contributed by atoms with Crippen LogP contribution < -0.4 is 10.6 Å². The lowest BCUT2D eigenvalue weighted by atomic mass is 10.0. The Morgan fingerprint density at radius 3 is 1.56 bits per heavy atom. The van der Waals surface area contributed by atoms with Gasteiger partial charge in [-0.05, 0) is 60.0 Å². The summed E-state index contributed by atoms with van der Waals surface area (Å²) < 4.78 is 0. The van der Waals surface area contributed by atoms with Crippen molar-refractivity contribution in [2.75, 3.05) is 10.6 Å². The van der Waals surface area contributed by atoms with E-state index < -0.39 is 0 Å². The number of anilines is 2. The highest BCUT2D eigenvalue weighted by Crippen LogP contribution is 2.18. The first-order valence-electron chi connectivity index (χ1n) is 8.91. The van der Waals surface area contributed by atoms with E-state index in [-0.39, 0.29) is 11.8 Å². The van der Waals surface area contributed by atoms with E-state index in [9.17, 15) is 9.59 Å². The summed E-state index contributed by atoms with van der Waals surface area (Å²) in [5, 5.41) is 5.70. The Labute approximate surface area is 159 Å². The Morgan fingerprint density at radius 1 is 0.630 bits per heavy atom. The third-order valence-corrected chi connectivity index (χ3v) is 4.28. The fraction of sp³-hybridized carbons (Fsp3) is 0.130. The molecule has 3 aromatic carbocycles. The van der Waals surface area contributed by atoms with Crippen molar-refractivity contribution in [2.45, 2.75) is 19.8 Å². The molecule has 0 saturated heterocycles.